The van der Waals surface area contributed by atoms with Crippen molar-refractivity contribution in [1.82, 2.24) is 9.88 Å². The number of anilines is 2. The van der Waals surface area contributed by atoms with Crippen molar-refractivity contribution in [2.75, 3.05) is 56.2 Å². The molecule has 0 spiro atoms. The average Bonchev–Trinajstić information content (AvgIpc) is 3.37. The number of H-pyrrole nitrogens is 1. The zero-order valence-corrected chi connectivity index (χ0v) is 21.6. The van der Waals surface area contributed by atoms with Crippen LogP contribution >= 0.6 is 0 Å². The van der Waals surface area contributed by atoms with Crippen LogP contribution in [0, 0.1) is 0 Å². The first-order valence-corrected chi connectivity index (χ1v) is 13.7. The molecule has 0 saturated carbocycles. The maximum absolute atomic E-state index is 12.6. The van der Waals surface area contributed by atoms with Gasteiger partial charge in [0.25, 0.3) is 0 Å². The molecule has 1 unspecified atom stereocenters. The number of hydrogen-bond donors (Lipinski definition) is 2. The number of morpholine rings is 1. The summed E-state index contributed by atoms with van der Waals surface area (Å²) in [4.78, 5) is 20.4. The minimum atomic E-state index is -0.108. The number of likely N-dealkylation sites (tertiary alicyclic amines) is 1. The molecular formula is C30H36N4O3. The third-order valence-corrected chi connectivity index (χ3v) is 7.72. The molecule has 7 heteroatoms. The van der Waals surface area contributed by atoms with E-state index < -0.39 is 0 Å². The highest BCUT2D eigenvalue weighted by atomic mass is 16.5. The van der Waals surface area contributed by atoms with Crippen LogP contribution in [0.5, 0.6) is 11.5 Å². The van der Waals surface area contributed by atoms with Gasteiger partial charge in [0.15, 0.2) is 0 Å². The lowest BCUT2D eigenvalue weighted by Crippen LogP contribution is -2.36. The number of ether oxygens (including phenoxy) is 2. The van der Waals surface area contributed by atoms with Crippen molar-refractivity contribution in [2.24, 2.45) is 0 Å². The zero-order valence-electron chi connectivity index (χ0n) is 21.6. The van der Waals surface area contributed by atoms with E-state index in [1.54, 1.807) is 6.07 Å². The first-order chi connectivity index (χ1) is 18.2. The first-order valence-electron chi connectivity index (χ1n) is 13.7. The van der Waals surface area contributed by atoms with Gasteiger partial charge in [-0.2, -0.15) is 0 Å². The van der Waals surface area contributed by atoms with Crippen molar-refractivity contribution in [2.45, 2.75) is 38.6 Å². The maximum Gasteiger partial charge on any atom is 0.250 e. The Labute approximate surface area is 218 Å². The summed E-state index contributed by atoms with van der Waals surface area (Å²) < 4.78 is 12.0. The van der Waals surface area contributed by atoms with Gasteiger partial charge in [-0.3, -0.25) is 4.79 Å². The van der Waals surface area contributed by atoms with Crippen LogP contribution in [0.2, 0.25) is 0 Å². The Morgan fingerprint density at radius 3 is 2.81 bits per heavy atom. The second-order valence-electron chi connectivity index (χ2n) is 10.4. The van der Waals surface area contributed by atoms with Crippen LogP contribution in [0.15, 0.2) is 53.3 Å². The summed E-state index contributed by atoms with van der Waals surface area (Å²) in [6, 6.07) is 16.9. The summed E-state index contributed by atoms with van der Waals surface area (Å²) in [7, 11) is 0. The van der Waals surface area contributed by atoms with Crippen molar-refractivity contribution >= 4 is 11.4 Å². The molecule has 2 saturated heterocycles. The van der Waals surface area contributed by atoms with E-state index in [2.05, 4.69) is 57.4 Å². The van der Waals surface area contributed by atoms with Crippen molar-refractivity contribution < 1.29 is 9.47 Å². The Bertz CT molecular complexity index is 1310. The number of pyridine rings is 1. The van der Waals surface area contributed by atoms with Crippen LogP contribution in [0.3, 0.4) is 0 Å². The molecule has 0 bridgehead atoms. The van der Waals surface area contributed by atoms with Crippen LogP contribution in [-0.4, -0.2) is 61.9 Å². The minimum absolute atomic E-state index is 0.108. The van der Waals surface area contributed by atoms with Gasteiger partial charge >= 0.3 is 0 Å². The average molecular weight is 501 g/mol. The Morgan fingerprint density at radius 2 is 1.95 bits per heavy atom. The van der Waals surface area contributed by atoms with Crippen LogP contribution in [-0.2, 0) is 11.2 Å². The topological polar surface area (TPSA) is 69.8 Å². The molecule has 1 atom stereocenters. The third-order valence-electron chi connectivity index (χ3n) is 7.72. The van der Waals surface area contributed by atoms with E-state index in [4.69, 9.17) is 9.47 Å². The summed E-state index contributed by atoms with van der Waals surface area (Å²) in [5.41, 5.74) is 5.98. The van der Waals surface area contributed by atoms with Crippen molar-refractivity contribution in [3.63, 3.8) is 0 Å². The summed E-state index contributed by atoms with van der Waals surface area (Å²) in [6.07, 6.45) is 4.51. The standard InChI is InChI=1S/C30H36N4O3/c1-2-3-10-33-11-9-24(20-33)31-23-7-8-28-22(17-23)16-21-5-4-6-26(30(21)37-28)27-18-25(19-29(35)32-27)34-12-14-36-15-13-34/h4-8,17-19,24,31H,2-3,9-16,20H2,1H3,(H,32,35). The molecule has 6 rings (SSSR count). The molecule has 2 N–H and O–H groups in total. The highest BCUT2D eigenvalue weighted by Crippen LogP contribution is 2.43. The SMILES string of the molecule is CCCCN1CCC(Nc2ccc3c(c2)Cc2cccc(-c4cc(N5CCOCC5)cc(=O)[nH]4)c2O3)C1. The van der Waals surface area contributed by atoms with E-state index in [-0.39, 0.29) is 5.56 Å². The maximum atomic E-state index is 12.6. The molecule has 1 aromatic heterocycles. The van der Waals surface area contributed by atoms with Gasteiger partial charge < -0.3 is 29.6 Å². The fraction of sp³-hybridized carbons (Fsp3) is 0.433. The van der Waals surface area contributed by atoms with E-state index in [0.29, 0.717) is 19.3 Å². The van der Waals surface area contributed by atoms with E-state index in [9.17, 15) is 4.79 Å². The minimum Gasteiger partial charge on any atom is -0.456 e. The second kappa shape index (κ2) is 10.6. The first kappa shape index (κ1) is 24.1. The Kier molecular flexibility index (Phi) is 6.89. The summed E-state index contributed by atoms with van der Waals surface area (Å²) in [6.45, 7) is 8.67. The predicted molar refractivity (Wildman–Crippen MR) is 148 cm³/mol. The smallest absolute Gasteiger partial charge is 0.250 e. The predicted octanol–water partition coefficient (Wildman–Crippen LogP) is 4.86. The van der Waals surface area contributed by atoms with E-state index in [1.807, 2.05) is 12.1 Å². The molecule has 7 nitrogen and oxygen atoms in total. The van der Waals surface area contributed by atoms with Gasteiger partial charge in [0.05, 0.1) is 18.9 Å². The summed E-state index contributed by atoms with van der Waals surface area (Å²) in [5, 5.41) is 3.75. The number of para-hydroxylation sites is 1. The molecular weight excluding hydrogens is 464 g/mol. The Hall–Kier alpha value is -3.29. The molecule has 2 fully saturated rings. The largest absolute Gasteiger partial charge is 0.456 e. The number of hydrogen-bond acceptors (Lipinski definition) is 6. The molecule has 37 heavy (non-hydrogen) atoms. The van der Waals surface area contributed by atoms with Crippen molar-refractivity contribution in [3.05, 3.63) is 70.0 Å². The number of rotatable bonds is 7. The summed E-state index contributed by atoms with van der Waals surface area (Å²) in [5.74, 6) is 1.71. The molecule has 2 aromatic carbocycles. The number of fused-ring (bicyclic) bond motifs is 2. The number of aromatic nitrogens is 1. The van der Waals surface area contributed by atoms with Gasteiger partial charge in [0.1, 0.15) is 11.5 Å². The van der Waals surface area contributed by atoms with E-state index >= 15 is 0 Å². The van der Waals surface area contributed by atoms with Crippen molar-refractivity contribution in [1.29, 1.82) is 0 Å². The van der Waals surface area contributed by atoms with E-state index in [0.717, 1.165) is 65.7 Å². The quantitative estimate of drug-likeness (QED) is 0.378. The van der Waals surface area contributed by atoms with Gasteiger partial charge in [-0.15, -0.1) is 0 Å². The molecule has 3 aliphatic rings. The molecule has 3 aromatic rings. The Balaban J connectivity index is 1.22. The highest BCUT2D eigenvalue weighted by Gasteiger charge is 2.24. The van der Waals surface area contributed by atoms with Crippen LogP contribution in [0.25, 0.3) is 11.3 Å². The lowest BCUT2D eigenvalue weighted by molar-refractivity contribution is 0.122. The number of nitrogens with one attached hydrogen (secondary N) is 2. The van der Waals surface area contributed by atoms with E-state index in [1.165, 1.54) is 37.9 Å². The molecule has 0 radical (unpaired) electrons. The Morgan fingerprint density at radius 1 is 1.05 bits per heavy atom. The lowest BCUT2D eigenvalue weighted by atomic mass is 9.96. The molecule has 194 valence electrons. The molecule has 0 aliphatic carbocycles. The van der Waals surface area contributed by atoms with Crippen LogP contribution in [0.1, 0.15) is 37.3 Å². The molecule has 3 aliphatic heterocycles. The van der Waals surface area contributed by atoms with Gasteiger partial charge in [0, 0.05) is 67.2 Å². The van der Waals surface area contributed by atoms with Gasteiger partial charge in [0.2, 0.25) is 5.56 Å². The van der Waals surface area contributed by atoms with Crippen LogP contribution in [0.4, 0.5) is 11.4 Å². The zero-order chi connectivity index (χ0) is 25.2. The van der Waals surface area contributed by atoms with Crippen LogP contribution < -0.4 is 20.5 Å². The third kappa shape index (κ3) is 5.24. The van der Waals surface area contributed by atoms with Gasteiger partial charge in [-0.1, -0.05) is 25.5 Å². The molecule has 4 heterocycles. The van der Waals surface area contributed by atoms with Gasteiger partial charge in [-0.05, 0) is 55.3 Å². The van der Waals surface area contributed by atoms with Gasteiger partial charge in [-0.25, -0.2) is 0 Å². The summed E-state index contributed by atoms with van der Waals surface area (Å²) >= 11 is 0. The monoisotopic (exact) mass is 500 g/mol. The van der Waals surface area contributed by atoms with Crippen molar-refractivity contribution in [3.8, 4) is 22.8 Å². The second-order valence-corrected chi connectivity index (χ2v) is 10.4. The molecule has 0 amide bonds. The fourth-order valence-electron chi connectivity index (χ4n) is 5.73. The number of benzene rings is 2. The highest BCUT2D eigenvalue weighted by molar-refractivity contribution is 5.74. The lowest BCUT2D eigenvalue weighted by Gasteiger charge is -2.29. The number of nitrogens with zero attached hydrogens (tertiary/aromatic N) is 2. The number of aromatic amines is 1. The normalized spacial score (nSPS) is 19.3. The fourth-order valence-corrected chi connectivity index (χ4v) is 5.73. The number of unbranched alkanes of at least 4 members (excludes halogenated alkanes) is 1.